The highest BCUT2D eigenvalue weighted by Gasteiger charge is 2.25. The molecule has 2 atom stereocenters. The molecular weight excluding hydrogens is 266 g/mol. The second-order valence-corrected chi connectivity index (χ2v) is 5.80. The lowest BCUT2D eigenvalue weighted by molar-refractivity contribution is -0.0555. The number of aryl methyl sites for hydroxylation is 1. The number of ether oxygens (including phenoxy) is 1. The van der Waals surface area contributed by atoms with E-state index in [1.807, 2.05) is 12.1 Å². The van der Waals surface area contributed by atoms with Gasteiger partial charge in [-0.25, -0.2) is 0 Å². The number of benzene rings is 1. The number of nitrogens with zero attached hydrogens (tertiary/aromatic N) is 3. The van der Waals surface area contributed by atoms with Gasteiger partial charge in [0.25, 0.3) is 0 Å². The van der Waals surface area contributed by atoms with Crippen molar-refractivity contribution in [1.29, 1.82) is 0 Å². The smallest absolute Gasteiger partial charge is 0.241 e. The molecule has 0 saturated carbocycles. The molecule has 1 aliphatic heterocycles. The maximum atomic E-state index is 5.64. The van der Waals surface area contributed by atoms with Gasteiger partial charge in [0, 0.05) is 18.2 Å². The number of hydrogen-bond donors (Lipinski definition) is 0. The molecular formula is C16H21N3O2. The molecule has 1 fully saturated rings. The maximum Gasteiger partial charge on any atom is 0.241 e. The highest BCUT2D eigenvalue weighted by molar-refractivity contribution is 5.55. The first-order valence-electron chi connectivity index (χ1n) is 7.37. The SMILES string of the molecule is Cc1cccc(-c2noc(CN3CC(C)OCC3C)n2)c1. The topological polar surface area (TPSA) is 51.4 Å². The third-order valence-electron chi connectivity index (χ3n) is 3.82. The molecule has 0 aliphatic carbocycles. The van der Waals surface area contributed by atoms with Crippen molar-refractivity contribution in [3.8, 4) is 11.4 Å². The van der Waals surface area contributed by atoms with Gasteiger partial charge in [-0.15, -0.1) is 0 Å². The molecule has 5 heteroatoms. The molecule has 2 aromatic rings. The van der Waals surface area contributed by atoms with Crippen molar-refractivity contribution in [2.75, 3.05) is 13.2 Å². The molecule has 0 N–H and O–H groups in total. The van der Waals surface area contributed by atoms with Crippen molar-refractivity contribution in [3.05, 3.63) is 35.7 Å². The molecule has 2 heterocycles. The predicted molar refractivity (Wildman–Crippen MR) is 79.8 cm³/mol. The fraction of sp³-hybridized carbons (Fsp3) is 0.500. The Labute approximate surface area is 124 Å². The van der Waals surface area contributed by atoms with E-state index in [1.54, 1.807) is 0 Å². The Morgan fingerprint density at radius 1 is 1.33 bits per heavy atom. The van der Waals surface area contributed by atoms with E-state index in [9.17, 15) is 0 Å². The Hall–Kier alpha value is -1.72. The van der Waals surface area contributed by atoms with Gasteiger partial charge in [-0.3, -0.25) is 4.90 Å². The Balaban J connectivity index is 1.73. The van der Waals surface area contributed by atoms with Crippen molar-refractivity contribution in [2.24, 2.45) is 0 Å². The van der Waals surface area contributed by atoms with Crippen molar-refractivity contribution in [1.82, 2.24) is 15.0 Å². The van der Waals surface area contributed by atoms with E-state index >= 15 is 0 Å². The van der Waals surface area contributed by atoms with E-state index in [1.165, 1.54) is 5.56 Å². The van der Waals surface area contributed by atoms with Crippen LogP contribution in [0.5, 0.6) is 0 Å². The van der Waals surface area contributed by atoms with Crippen LogP contribution in [0.2, 0.25) is 0 Å². The fourth-order valence-corrected chi connectivity index (χ4v) is 2.59. The van der Waals surface area contributed by atoms with Gasteiger partial charge in [-0.1, -0.05) is 28.9 Å². The van der Waals surface area contributed by atoms with Crippen molar-refractivity contribution >= 4 is 0 Å². The molecule has 0 radical (unpaired) electrons. The summed E-state index contributed by atoms with van der Waals surface area (Å²) in [5.74, 6) is 1.31. The summed E-state index contributed by atoms with van der Waals surface area (Å²) < 4.78 is 11.0. The summed E-state index contributed by atoms with van der Waals surface area (Å²) in [5, 5.41) is 4.09. The third-order valence-corrected chi connectivity index (χ3v) is 3.82. The second kappa shape index (κ2) is 5.95. The Morgan fingerprint density at radius 2 is 2.19 bits per heavy atom. The first-order valence-corrected chi connectivity index (χ1v) is 7.37. The largest absolute Gasteiger partial charge is 0.376 e. The van der Waals surface area contributed by atoms with Gasteiger partial charge < -0.3 is 9.26 Å². The molecule has 0 spiro atoms. The molecule has 2 unspecified atom stereocenters. The van der Waals surface area contributed by atoms with Gasteiger partial charge in [0.2, 0.25) is 11.7 Å². The molecule has 1 aromatic heterocycles. The Bertz CT molecular complexity index is 611. The van der Waals surface area contributed by atoms with E-state index < -0.39 is 0 Å². The van der Waals surface area contributed by atoms with Gasteiger partial charge >= 0.3 is 0 Å². The van der Waals surface area contributed by atoms with Crippen LogP contribution in [0.1, 0.15) is 25.3 Å². The first-order chi connectivity index (χ1) is 10.1. The Kier molecular flexibility index (Phi) is 4.03. The van der Waals surface area contributed by atoms with E-state index in [2.05, 4.69) is 47.9 Å². The number of aromatic nitrogens is 2. The van der Waals surface area contributed by atoms with Gasteiger partial charge in [0.15, 0.2) is 0 Å². The summed E-state index contributed by atoms with van der Waals surface area (Å²) in [6, 6.07) is 8.50. The normalized spacial score (nSPS) is 23.4. The summed E-state index contributed by atoms with van der Waals surface area (Å²) in [4.78, 5) is 6.84. The van der Waals surface area contributed by atoms with E-state index in [0.717, 1.165) is 18.7 Å². The summed E-state index contributed by atoms with van der Waals surface area (Å²) in [6.07, 6.45) is 0.250. The van der Waals surface area contributed by atoms with E-state index in [0.29, 0.717) is 24.3 Å². The lowest BCUT2D eigenvalue weighted by Gasteiger charge is -2.35. The monoisotopic (exact) mass is 287 g/mol. The predicted octanol–water partition coefficient (Wildman–Crippen LogP) is 2.65. The van der Waals surface area contributed by atoms with Crippen LogP contribution in [0.25, 0.3) is 11.4 Å². The van der Waals surface area contributed by atoms with Crippen molar-refractivity contribution in [2.45, 2.75) is 39.5 Å². The molecule has 3 rings (SSSR count). The molecule has 1 aromatic carbocycles. The van der Waals surface area contributed by atoms with Crippen LogP contribution < -0.4 is 0 Å². The average Bonchev–Trinajstić information content (AvgIpc) is 2.91. The average molecular weight is 287 g/mol. The summed E-state index contributed by atoms with van der Waals surface area (Å²) in [7, 11) is 0. The van der Waals surface area contributed by atoms with Crippen LogP contribution in [-0.4, -0.2) is 40.3 Å². The molecule has 0 bridgehead atoms. The Morgan fingerprint density at radius 3 is 3.00 bits per heavy atom. The minimum atomic E-state index is 0.250. The molecule has 1 saturated heterocycles. The van der Waals surface area contributed by atoms with Crippen molar-refractivity contribution < 1.29 is 9.26 Å². The zero-order valence-electron chi connectivity index (χ0n) is 12.7. The molecule has 1 aliphatic rings. The number of hydrogen-bond acceptors (Lipinski definition) is 5. The highest BCUT2D eigenvalue weighted by atomic mass is 16.5. The molecule has 21 heavy (non-hydrogen) atoms. The van der Waals surface area contributed by atoms with Crippen LogP contribution in [-0.2, 0) is 11.3 Å². The lowest BCUT2D eigenvalue weighted by atomic mass is 10.1. The standard InChI is InChI=1S/C16H21N3O2/c1-11-5-4-6-14(7-11)16-17-15(21-18-16)9-19-8-13(3)20-10-12(19)2/h4-7,12-13H,8-10H2,1-3H3. The van der Waals surface area contributed by atoms with Gasteiger partial charge in [0.05, 0.1) is 19.3 Å². The molecule has 0 amide bonds. The van der Waals surface area contributed by atoms with E-state index in [-0.39, 0.29) is 6.10 Å². The summed E-state index contributed by atoms with van der Waals surface area (Å²) in [6.45, 7) is 8.62. The van der Waals surface area contributed by atoms with Crippen LogP contribution in [0, 0.1) is 6.92 Å². The minimum absolute atomic E-state index is 0.250. The quantitative estimate of drug-likeness (QED) is 0.868. The van der Waals surface area contributed by atoms with Crippen LogP contribution in [0.3, 0.4) is 0 Å². The van der Waals surface area contributed by atoms with Crippen LogP contribution in [0.4, 0.5) is 0 Å². The minimum Gasteiger partial charge on any atom is -0.376 e. The maximum absolute atomic E-state index is 5.64. The first kappa shape index (κ1) is 14.2. The van der Waals surface area contributed by atoms with E-state index in [4.69, 9.17) is 9.26 Å². The zero-order valence-corrected chi connectivity index (χ0v) is 12.7. The fourth-order valence-electron chi connectivity index (χ4n) is 2.59. The highest BCUT2D eigenvalue weighted by Crippen LogP contribution is 2.19. The van der Waals surface area contributed by atoms with Gasteiger partial charge in [0.1, 0.15) is 0 Å². The lowest BCUT2D eigenvalue weighted by Crippen LogP contribution is -2.46. The zero-order chi connectivity index (χ0) is 14.8. The summed E-state index contributed by atoms with van der Waals surface area (Å²) in [5.41, 5.74) is 2.18. The van der Waals surface area contributed by atoms with Crippen LogP contribution in [0.15, 0.2) is 28.8 Å². The van der Waals surface area contributed by atoms with Crippen molar-refractivity contribution in [3.63, 3.8) is 0 Å². The third kappa shape index (κ3) is 3.31. The van der Waals surface area contributed by atoms with Crippen LogP contribution >= 0.6 is 0 Å². The second-order valence-electron chi connectivity index (χ2n) is 5.80. The van der Waals surface area contributed by atoms with Gasteiger partial charge in [-0.05, 0) is 26.8 Å². The summed E-state index contributed by atoms with van der Waals surface area (Å²) >= 11 is 0. The molecule has 5 nitrogen and oxygen atoms in total. The molecule has 112 valence electrons. The number of rotatable bonds is 3. The number of morpholine rings is 1. The van der Waals surface area contributed by atoms with Gasteiger partial charge in [-0.2, -0.15) is 4.98 Å².